The van der Waals surface area contributed by atoms with E-state index in [-0.39, 0.29) is 24.8 Å². The summed E-state index contributed by atoms with van der Waals surface area (Å²) in [6, 6.07) is 21.7. The van der Waals surface area contributed by atoms with Gasteiger partial charge in [0.15, 0.2) is 0 Å². The summed E-state index contributed by atoms with van der Waals surface area (Å²) in [7, 11) is 0. The molecule has 4 aromatic rings. The number of rotatable bonds is 0. The van der Waals surface area contributed by atoms with E-state index in [1.165, 1.54) is 68.6 Å². The van der Waals surface area contributed by atoms with Gasteiger partial charge in [0.05, 0.1) is 0 Å². The Kier molecular flexibility index (Phi) is 9.96. The molecule has 0 N–H and O–H groups in total. The van der Waals surface area contributed by atoms with Gasteiger partial charge in [-0.25, -0.2) is 0 Å². The van der Waals surface area contributed by atoms with Gasteiger partial charge in [0.1, 0.15) is 0 Å². The third-order valence-corrected chi connectivity index (χ3v) is 7.19. The first-order valence-electron chi connectivity index (χ1n) is 13.2. The number of hydrogen-bond acceptors (Lipinski definition) is 0. The van der Waals surface area contributed by atoms with Crippen LogP contribution in [0.5, 0.6) is 0 Å². The van der Waals surface area contributed by atoms with Crippen molar-refractivity contribution in [1.29, 1.82) is 0 Å². The Morgan fingerprint density at radius 1 is 0.725 bits per heavy atom. The molecule has 0 saturated heterocycles. The quantitative estimate of drug-likeness (QED) is 0.254. The van der Waals surface area contributed by atoms with Crippen molar-refractivity contribution < 1.29 is 49.0 Å². The van der Waals surface area contributed by atoms with Crippen molar-refractivity contribution in [2.24, 2.45) is 0 Å². The second-order valence-electron chi connectivity index (χ2n) is 10.0. The van der Waals surface area contributed by atoms with E-state index in [2.05, 4.69) is 123 Å². The summed E-state index contributed by atoms with van der Waals surface area (Å²) in [6.07, 6.45) is 26.0. The standard InChI is InChI=1S/2C17H11.C3H6.2ClH.Zr/c1-3-8-14-12(6-1)13-7-2-4-9-15(13)17-11-5-10-16(14)17;1-2-6-15-12(4-1)8-10-14-11-9-13-5-3-7-16(13)17(14)15;1-3-2;;;/h1-8,10H,9H2;1-4,6-10H,11H2;1-2H3;2*1H;/q2*-1;;;;+2/p-2. The number of halogens is 2. The van der Waals surface area contributed by atoms with Crippen molar-refractivity contribution >= 4 is 42.5 Å². The second kappa shape index (κ2) is 13.2. The van der Waals surface area contributed by atoms with Crippen molar-refractivity contribution in [2.75, 3.05) is 0 Å². The second-order valence-corrected chi connectivity index (χ2v) is 12.5. The van der Waals surface area contributed by atoms with Gasteiger partial charge in [-0.1, -0.05) is 101 Å². The van der Waals surface area contributed by atoms with Crippen LogP contribution in [0.1, 0.15) is 36.1 Å². The molecular formula is C37H28Cl2Zr-2. The topological polar surface area (TPSA) is 0 Å². The van der Waals surface area contributed by atoms with Crippen molar-refractivity contribution in [3.8, 4) is 0 Å². The molecule has 40 heavy (non-hydrogen) atoms. The molecule has 0 unspecified atom stereocenters. The molecule has 0 saturated carbocycles. The third-order valence-electron chi connectivity index (χ3n) is 7.19. The van der Waals surface area contributed by atoms with Crippen molar-refractivity contribution in [3.05, 3.63) is 148 Å². The largest absolute Gasteiger partial charge is 1.00 e. The van der Waals surface area contributed by atoms with E-state index in [4.69, 9.17) is 0 Å². The maximum Gasteiger partial charge on any atom is -0.0186 e. The van der Waals surface area contributed by atoms with Crippen LogP contribution in [0.25, 0.3) is 39.3 Å². The van der Waals surface area contributed by atoms with Gasteiger partial charge in [0, 0.05) is 0 Å². The first-order chi connectivity index (χ1) is 18.6. The Labute approximate surface area is 264 Å². The van der Waals surface area contributed by atoms with Crippen molar-refractivity contribution in [3.63, 3.8) is 0 Å². The fourth-order valence-electron chi connectivity index (χ4n) is 5.63. The Morgan fingerprint density at radius 2 is 1.40 bits per heavy atom. The van der Waals surface area contributed by atoms with Gasteiger partial charge in [0.2, 0.25) is 0 Å². The molecule has 0 radical (unpaired) electrons. The molecule has 0 fully saturated rings. The molecule has 0 nitrogen and oxygen atoms in total. The van der Waals surface area contributed by atoms with E-state index in [0.717, 1.165) is 12.8 Å². The van der Waals surface area contributed by atoms with Gasteiger partial charge in [0.25, 0.3) is 0 Å². The van der Waals surface area contributed by atoms with E-state index >= 15 is 0 Å². The fraction of sp³-hybridized carbons (Fsp3) is 0.108. The molecule has 4 aliphatic rings. The molecule has 196 valence electrons. The summed E-state index contributed by atoms with van der Waals surface area (Å²) in [6.45, 7) is 4.25. The Balaban J connectivity index is 0.000000157. The number of benzene rings is 4. The smallest absolute Gasteiger partial charge is 0.0186 e. The van der Waals surface area contributed by atoms with Gasteiger partial charge >= 0.3 is 41.3 Å². The monoisotopic (exact) mass is 632 g/mol. The third kappa shape index (κ3) is 5.80. The minimum atomic E-state index is 0. The molecule has 0 spiro atoms. The molecule has 3 heteroatoms. The van der Waals surface area contributed by atoms with Crippen LogP contribution in [0.15, 0.2) is 103 Å². The minimum Gasteiger partial charge on any atom is -1.00 e. The van der Waals surface area contributed by atoms with Crippen LogP contribution in [0.2, 0.25) is 0 Å². The predicted molar refractivity (Wildman–Crippen MR) is 160 cm³/mol. The van der Waals surface area contributed by atoms with E-state index in [1.807, 2.05) is 12.2 Å². The first kappa shape index (κ1) is 30.1. The average Bonchev–Trinajstić information content (AvgIpc) is 3.63. The van der Waals surface area contributed by atoms with Crippen LogP contribution in [0.3, 0.4) is 0 Å². The van der Waals surface area contributed by atoms with E-state index < -0.39 is 0 Å². The van der Waals surface area contributed by atoms with E-state index in [0.29, 0.717) is 0 Å². The number of fused-ring (bicyclic) bond motifs is 11. The number of allylic oxidation sites excluding steroid dienone is 9. The van der Waals surface area contributed by atoms with Gasteiger partial charge in [-0.05, 0) is 29.0 Å². The zero-order valence-electron chi connectivity index (χ0n) is 22.6. The summed E-state index contributed by atoms with van der Waals surface area (Å²) in [4.78, 5) is 0. The fourth-order valence-corrected chi connectivity index (χ4v) is 5.63. The van der Waals surface area contributed by atoms with Crippen LogP contribution < -0.4 is 35.3 Å². The summed E-state index contributed by atoms with van der Waals surface area (Å²) in [5, 5.41) is 8.09. The SMILES string of the molecule is C[C](C)=[Zr+2].[C-]1=CC=C2C1=CCc1ccc3ccccc3c12.[C-]1=CC=c2c1c1c(c3ccccc23)=CC=CC1.[Cl-].[Cl-]. The molecule has 4 aromatic carbocycles. The zero-order valence-corrected chi connectivity index (χ0v) is 26.5. The maximum atomic E-state index is 3.39. The molecule has 0 heterocycles. The Morgan fingerprint density at radius 3 is 2.17 bits per heavy atom. The summed E-state index contributed by atoms with van der Waals surface area (Å²) in [5.41, 5.74) is 8.14. The van der Waals surface area contributed by atoms with Gasteiger partial charge in [-0.2, -0.15) is 36.0 Å². The number of hydrogen-bond donors (Lipinski definition) is 0. The summed E-state index contributed by atoms with van der Waals surface area (Å²) >= 11 is 1.55. The molecule has 0 aliphatic heterocycles. The summed E-state index contributed by atoms with van der Waals surface area (Å²) in [5.74, 6) is 0. The first-order valence-corrected chi connectivity index (χ1v) is 14.4. The van der Waals surface area contributed by atoms with Crippen LogP contribution in [0, 0.1) is 12.2 Å². The zero-order chi connectivity index (χ0) is 26.1. The average molecular weight is 635 g/mol. The predicted octanol–water partition coefficient (Wildman–Crippen LogP) is 1.07. The van der Waals surface area contributed by atoms with E-state index in [1.54, 1.807) is 24.2 Å². The van der Waals surface area contributed by atoms with Crippen LogP contribution in [0.4, 0.5) is 0 Å². The molecule has 8 rings (SSSR count). The minimum absolute atomic E-state index is 0. The van der Waals surface area contributed by atoms with Crippen molar-refractivity contribution in [2.45, 2.75) is 26.7 Å². The van der Waals surface area contributed by atoms with Gasteiger partial charge in [-0.3, -0.25) is 0 Å². The normalized spacial score (nSPS) is 14.2. The maximum absolute atomic E-state index is 3.39. The van der Waals surface area contributed by atoms with Crippen molar-refractivity contribution in [1.82, 2.24) is 0 Å². The Hall–Kier alpha value is -2.83. The van der Waals surface area contributed by atoms with E-state index in [9.17, 15) is 0 Å². The summed E-state index contributed by atoms with van der Waals surface area (Å²) < 4.78 is 1.51. The van der Waals surface area contributed by atoms with Crippen LogP contribution in [-0.4, -0.2) is 3.21 Å². The molecule has 0 amide bonds. The molecule has 4 aliphatic carbocycles. The molecule has 0 aromatic heterocycles. The Bertz CT molecular complexity index is 1890. The van der Waals surface area contributed by atoms with Crippen LogP contribution >= 0.6 is 0 Å². The molecular weight excluding hydrogens is 607 g/mol. The molecule has 0 atom stereocenters. The van der Waals surface area contributed by atoms with Gasteiger partial charge in [-0.15, -0.1) is 34.1 Å². The van der Waals surface area contributed by atoms with Gasteiger partial charge < -0.3 is 24.8 Å². The molecule has 0 bridgehead atoms. The van der Waals surface area contributed by atoms with Crippen LogP contribution in [-0.2, 0) is 37.1 Å².